The first kappa shape index (κ1) is 26.4. The third kappa shape index (κ3) is 5.10. The van der Waals surface area contributed by atoms with Crippen molar-refractivity contribution >= 4 is 41.0 Å². The Labute approximate surface area is 231 Å². The van der Waals surface area contributed by atoms with Gasteiger partial charge in [-0.05, 0) is 56.7 Å². The standard InChI is InChI=1S/C29H23ClN2O6S/c1-15(2)37-28(36)24-16(3)31-29-32(25(24)20-9-4-5-10-21(20)30)26(33)23(39-29)14-19-11-12-22(38-19)17-7-6-8-18(13-17)27(34)35/h4-15,25H,1-3H3,(H,34,35). The number of allylic oxidation sites excluding steroid dienone is 1. The number of hydrogen-bond donors (Lipinski definition) is 1. The Morgan fingerprint density at radius 1 is 1.15 bits per heavy atom. The van der Waals surface area contributed by atoms with Gasteiger partial charge in [-0.25, -0.2) is 14.6 Å². The summed E-state index contributed by atoms with van der Waals surface area (Å²) >= 11 is 7.72. The van der Waals surface area contributed by atoms with Crippen LogP contribution in [0.1, 0.15) is 48.5 Å². The topological polar surface area (TPSA) is 111 Å². The Hall–Kier alpha value is -4.21. The molecule has 2 aromatic carbocycles. The van der Waals surface area contributed by atoms with E-state index in [0.29, 0.717) is 42.7 Å². The van der Waals surface area contributed by atoms with Crippen molar-refractivity contribution in [1.29, 1.82) is 0 Å². The first-order chi connectivity index (χ1) is 18.6. The largest absolute Gasteiger partial charge is 0.478 e. The van der Waals surface area contributed by atoms with Gasteiger partial charge in [0.1, 0.15) is 17.6 Å². The number of nitrogens with zero attached hydrogens (tertiary/aromatic N) is 2. The van der Waals surface area contributed by atoms with Gasteiger partial charge >= 0.3 is 11.9 Å². The molecule has 1 aliphatic heterocycles. The van der Waals surface area contributed by atoms with Crippen molar-refractivity contribution in [2.24, 2.45) is 4.99 Å². The molecule has 0 saturated heterocycles. The predicted octanol–water partition coefficient (Wildman–Crippen LogP) is 4.80. The van der Waals surface area contributed by atoms with Crippen LogP contribution < -0.4 is 14.9 Å². The van der Waals surface area contributed by atoms with Gasteiger partial charge in [-0.1, -0.05) is 53.3 Å². The SMILES string of the molecule is CC1=C(C(=O)OC(C)C)C(c2ccccc2Cl)n2c(sc(=Cc3ccc(-c4cccc(C(=O)O)c4)o3)c2=O)=N1. The van der Waals surface area contributed by atoms with Crippen LogP contribution in [0.25, 0.3) is 17.4 Å². The van der Waals surface area contributed by atoms with E-state index in [1.54, 1.807) is 75.4 Å². The second-order valence-corrected chi connectivity index (χ2v) is 10.6. The van der Waals surface area contributed by atoms with Crippen molar-refractivity contribution in [2.75, 3.05) is 0 Å². The minimum atomic E-state index is -1.04. The number of rotatable bonds is 6. The third-order valence-electron chi connectivity index (χ3n) is 6.08. The summed E-state index contributed by atoms with van der Waals surface area (Å²) in [6.07, 6.45) is 1.24. The molecule has 39 heavy (non-hydrogen) atoms. The lowest BCUT2D eigenvalue weighted by Gasteiger charge is -2.26. The van der Waals surface area contributed by atoms with E-state index >= 15 is 0 Å². The molecule has 3 heterocycles. The second kappa shape index (κ2) is 10.5. The van der Waals surface area contributed by atoms with Gasteiger partial charge < -0.3 is 14.3 Å². The van der Waals surface area contributed by atoms with E-state index in [0.717, 1.165) is 0 Å². The molecule has 1 N–H and O–H groups in total. The Morgan fingerprint density at radius 2 is 1.92 bits per heavy atom. The fourth-order valence-electron chi connectivity index (χ4n) is 4.37. The highest BCUT2D eigenvalue weighted by atomic mass is 35.5. The van der Waals surface area contributed by atoms with Crippen LogP contribution in [0.5, 0.6) is 0 Å². The normalized spacial score (nSPS) is 15.3. The van der Waals surface area contributed by atoms with Gasteiger partial charge in [0, 0.05) is 16.7 Å². The number of halogens is 1. The van der Waals surface area contributed by atoms with Crippen LogP contribution in [-0.4, -0.2) is 27.7 Å². The van der Waals surface area contributed by atoms with Gasteiger partial charge in [-0.15, -0.1) is 0 Å². The molecule has 0 aliphatic carbocycles. The smallest absolute Gasteiger partial charge is 0.338 e. The Kier molecular flexibility index (Phi) is 7.12. The van der Waals surface area contributed by atoms with Gasteiger partial charge in [0.25, 0.3) is 5.56 Å². The van der Waals surface area contributed by atoms with Gasteiger partial charge in [0.05, 0.1) is 27.5 Å². The highest BCUT2D eigenvalue weighted by Gasteiger charge is 2.34. The second-order valence-electron chi connectivity index (χ2n) is 9.15. The molecule has 1 aliphatic rings. The Morgan fingerprint density at radius 3 is 2.64 bits per heavy atom. The summed E-state index contributed by atoms with van der Waals surface area (Å²) in [5.74, 6) is -0.740. The number of aromatic nitrogens is 1. The number of ether oxygens (including phenoxy) is 1. The monoisotopic (exact) mass is 562 g/mol. The van der Waals surface area contributed by atoms with E-state index in [1.165, 1.54) is 28.0 Å². The van der Waals surface area contributed by atoms with Crippen molar-refractivity contribution in [3.63, 3.8) is 0 Å². The zero-order valence-electron chi connectivity index (χ0n) is 21.2. The number of aromatic carboxylic acids is 1. The molecule has 0 amide bonds. The maximum Gasteiger partial charge on any atom is 0.338 e. The summed E-state index contributed by atoms with van der Waals surface area (Å²) in [6.45, 7) is 5.22. The molecule has 0 spiro atoms. The fourth-order valence-corrected chi connectivity index (χ4v) is 5.64. The number of furan rings is 1. The van der Waals surface area contributed by atoms with Crippen molar-refractivity contribution in [3.8, 4) is 11.3 Å². The van der Waals surface area contributed by atoms with Crippen molar-refractivity contribution in [1.82, 2.24) is 4.57 Å². The average molecular weight is 563 g/mol. The number of esters is 1. The predicted molar refractivity (Wildman–Crippen MR) is 148 cm³/mol. The molecular weight excluding hydrogens is 540 g/mol. The minimum Gasteiger partial charge on any atom is -0.478 e. The third-order valence-corrected chi connectivity index (χ3v) is 7.41. The number of fused-ring (bicyclic) bond motifs is 1. The van der Waals surface area contributed by atoms with Crippen LogP contribution in [0.2, 0.25) is 5.02 Å². The van der Waals surface area contributed by atoms with E-state index < -0.39 is 18.0 Å². The van der Waals surface area contributed by atoms with Crippen LogP contribution in [0.3, 0.4) is 0 Å². The number of thiazole rings is 1. The highest BCUT2D eigenvalue weighted by Crippen LogP contribution is 2.34. The summed E-state index contributed by atoms with van der Waals surface area (Å²) in [6, 6.07) is 16.0. The lowest BCUT2D eigenvalue weighted by molar-refractivity contribution is -0.143. The summed E-state index contributed by atoms with van der Waals surface area (Å²) in [5.41, 5.74) is 1.64. The van der Waals surface area contributed by atoms with E-state index in [-0.39, 0.29) is 22.8 Å². The number of carboxylic acids is 1. The molecule has 1 atom stereocenters. The summed E-state index contributed by atoms with van der Waals surface area (Å²) in [7, 11) is 0. The first-order valence-electron chi connectivity index (χ1n) is 12.1. The first-order valence-corrected chi connectivity index (χ1v) is 13.2. The zero-order chi connectivity index (χ0) is 27.8. The maximum absolute atomic E-state index is 13.8. The molecule has 0 radical (unpaired) electrons. The lowest BCUT2D eigenvalue weighted by atomic mass is 9.96. The number of carbonyl (C=O) groups excluding carboxylic acids is 1. The van der Waals surface area contributed by atoms with E-state index in [1.807, 2.05) is 0 Å². The molecular formula is C29H23ClN2O6S. The van der Waals surface area contributed by atoms with Crippen LogP contribution in [0, 0.1) is 0 Å². The summed E-state index contributed by atoms with van der Waals surface area (Å²) in [4.78, 5) is 43.3. The quantitative estimate of drug-likeness (QED) is 0.338. The summed E-state index contributed by atoms with van der Waals surface area (Å²) in [5, 5.41) is 9.68. The van der Waals surface area contributed by atoms with Gasteiger partial charge in [0.15, 0.2) is 4.80 Å². The molecule has 10 heteroatoms. The van der Waals surface area contributed by atoms with Crippen LogP contribution >= 0.6 is 22.9 Å². The lowest BCUT2D eigenvalue weighted by Crippen LogP contribution is -2.40. The number of hydrogen-bond acceptors (Lipinski definition) is 7. The van der Waals surface area contributed by atoms with Crippen molar-refractivity contribution in [2.45, 2.75) is 32.9 Å². The molecule has 198 valence electrons. The van der Waals surface area contributed by atoms with Crippen LogP contribution in [0.4, 0.5) is 0 Å². The number of carboxylic acid groups (broad SMARTS) is 1. The molecule has 1 unspecified atom stereocenters. The fraction of sp³-hybridized carbons (Fsp3) is 0.172. The molecule has 0 fully saturated rings. The van der Waals surface area contributed by atoms with Crippen molar-refractivity contribution < 1.29 is 23.8 Å². The average Bonchev–Trinajstić information content (AvgIpc) is 3.47. The zero-order valence-corrected chi connectivity index (χ0v) is 22.7. The molecule has 0 bridgehead atoms. The van der Waals surface area contributed by atoms with E-state index in [9.17, 15) is 19.5 Å². The molecule has 8 nitrogen and oxygen atoms in total. The van der Waals surface area contributed by atoms with Gasteiger partial charge in [0.2, 0.25) is 0 Å². The molecule has 5 rings (SSSR count). The number of carbonyl (C=O) groups is 2. The molecule has 2 aromatic heterocycles. The van der Waals surface area contributed by atoms with Crippen molar-refractivity contribution in [3.05, 3.63) is 114 Å². The molecule has 4 aromatic rings. The Balaban J connectivity index is 1.63. The summed E-state index contributed by atoms with van der Waals surface area (Å²) < 4.78 is 13.2. The minimum absolute atomic E-state index is 0.139. The van der Waals surface area contributed by atoms with Gasteiger partial charge in [-0.2, -0.15) is 0 Å². The van der Waals surface area contributed by atoms with Crippen LogP contribution in [0.15, 0.2) is 86.1 Å². The maximum atomic E-state index is 13.8. The molecule has 0 saturated carbocycles. The number of benzene rings is 2. The van der Waals surface area contributed by atoms with E-state index in [2.05, 4.69) is 4.99 Å². The Bertz CT molecular complexity index is 1830. The highest BCUT2D eigenvalue weighted by molar-refractivity contribution is 7.07. The van der Waals surface area contributed by atoms with E-state index in [4.69, 9.17) is 20.8 Å². The van der Waals surface area contributed by atoms with Crippen LogP contribution in [-0.2, 0) is 9.53 Å². The van der Waals surface area contributed by atoms with Gasteiger partial charge in [-0.3, -0.25) is 9.36 Å².